The first-order valence-electron chi connectivity index (χ1n) is 7.27. The van der Waals surface area contributed by atoms with Gasteiger partial charge in [0.2, 0.25) is 5.91 Å². The van der Waals surface area contributed by atoms with Crippen molar-refractivity contribution < 1.29 is 9.53 Å². The Morgan fingerprint density at radius 3 is 2.63 bits per heavy atom. The maximum atomic E-state index is 11.5. The van der Waals surface area contributed by atoms with Crippen molar-refractivity contribution in [1.82, 2.24) is 5.32 Å². The van der Waals surface area contributed by atoms with Gasteiger partial charge in [0.05, 0.1) is 6.61 Å². The zero-order chi connectivity index (χ0) is 13.8. The lowest BCUT2D eigenvalue weighted by molar-refractivity contribution is -0.121. The molecule has 0 aliphatic heterocycles. The first-order chi connectivity index (χ1) is 9.33. The molecule has 0 spiro atoms. The number of para-hydroxylation sites is 1. The average molecular weight is 263 g/mol. The number of hydrogen-bond acceptors (Lipinski definition) is 2. The summed E-state index contributed by atoms with van der Waals surface area (Å²) < 4.78 is 5.53. The van der Waals surface area contributed by atoms with E-state index in [2.05, 4.69) is 12.2 Å². The number of benzene rings is 1. The van der Waals surface area contributed by atoms with Gasteiger partial charge < -0.3 is 10.1 Å². The number of amides is 1. The topological polar surface area (TPSA) is 38.3 Å². The van der Waals surface area contributed by atoms with Crippen molar-refractivity contribution in [1.29, 1.82) is 0 Å². The van der Waals surface area contributed by atoms with Gasteiger partial charge in [-0.15, -0.1) is 0 Å². The van der Waals surface area contributed by atoms with Crippen LogP contribution in [0.4, 0.5) is 0 Å². The molecule has 19 heavy (non-hydrogen) atoms. The van der Waals surface area contributed by atoms with Gasteiger partial charge in [-0.25, -0.2) is 0 Å². The largest absolute Gasteiger partial charge is 0.494 e. The van der Waals surface area contributed by atoms with E-state index in [1.54, 1.807) is 0 Å². The van der Waals surface area contributed by atoms with Crippen LogP contribution in [0.2, 0.25) is 0 Å². The number of rotatable bonds is 10. The summed E-state index contributed by atoms with van der Waals surface area (Å²) in [6.07, 6.45) is 6.07. The summed E-state index contributed by atoms with van der Waals surface area (Å²) in [5, 5.41) is 2.95. The number of carbonyl (C=O) groups excluding carboxylic acids is 1. The summed E-state index contributed by atoms with van der Waals surface area (Å²) >= 11 is 0. The summed E-state index contributed by atoms with van der Waals surface area (Å²) in [5.74, 6) is 0.996. The number of hydrogen-bond donors (Lipinski definition) is 1. The van der Waals surface area contributed by atoms with Gasteiger partial charge in [-0.05, 0) is 25.0 Å². The molecule has 0 aliphatic carbocycles. The zero-order valence-corrected chi connectivity index (χ0v) is 11.9. The fourth-order valence-electron chi connectivity index (χ4n) is 1.81. The Morgan fingerprint density at radius 1 is 1.11 bits per heavy atom. The van der Waals surface area contributed by atoms with Crippen LogP contribution in [-0.2, 0) is 4.79 Å². The van der Waals surface area contributed by atoms with Crippen LogP contribution < -0.4 is 10.1 Å². The van der Waals surface area contributed by atoms with Crippen LogP contribution in [0.5, 0.6) is 5.75 Å². The van der Waals surface area contributed by atoms with Crippen molar-refractivity contribution in [3.05, 3.63) is 30.3 Å². The molecule has 0 unspecified atom stereocenters. The minimum Gasteiger partial charge on any atom is -0.494 e. The highest BCUT2D eigenvalue weighted by molar-refractivity contribution is 5.75. The van der Waals surface area contributed by atoms with Gasteiger partial charge in [-0.2, -0.15) is 0 Å². The second-order valence-corrected chi connectivity index (χ2v) is 4.68. The first kappa shape index (κ1) is 15.5. The lowest BCUT2D eigenvalue weighted by Crippen LogP contribution is -2.24. The van der Waals surface area contributed by atoms with E-state index in [4.69, 9.17) is 4.74 Å². The van der Waals surface area contributed by atoms with Crippen LogP contribution in [0, 0.1) is 0 Å². The van der Waals surface area contributed by atoms with E-state index in [9.17, 15) is 4.79 Å². The van der Waals surface area contributed by atoms with Gasteiger partial charge in [0.15, 0.2) is 0 Å². The van der Waals surface area contributed by atoms with Gasteiger partial charge in [0, 0.05) is 13.0 Å². The van der Waals surface area contributed by atoms with Crippen molar-refractivity contribution in [2.75, 3.05) is 13.2 Å². The first-order valence-corrected chi connectivity index (χ1v) is 7.27. The molecule has 1 aromatic carbocycles. The standard InChI is InChI=1S/C16H25NO2/c1-2-3-4-8-13-17-16(18)12-9-14-19-15-10-6-5-7-11-15/h5-7,10-11H,2-4,8-9,12-14H2,1H3,(H,17,18). The highest BCUT2D eigenvalue weighted by Gasteiger charge is 2.00. The Balaban J connectivity index is 1.95. The quantitative estimate of drug-likeness (QED) is 0.656. The Labute approximate surface area is 116 Å². The fourth-order valence-corrected chi connectivity index (χ4v) is 1.81. The number of unbranched alkanes of at least 4 members (excludes halogenated alkanes) is 3. The highest BCUT2D eigenvalue weighted by atomic mass is 16.5. The van der Waals surface area contributed by atoms with E-state index in [0.29, 0.717) is 13.0 Å². The monoisotopic (exact) mass is 263 g/mol. The average Bonchev–Trinajstić information content (AvgIpc) is 2.44. The number of ether oxygens (including phenoxy) is 1. The molecule has 0 bridgehead atoms. The molecule has 0 aromatic heterocycles. The van der Waals surface area contributed by atoms with Gasteiger partial charge >= 0.3 is 0 Å². The molecule has 1 N–H and O–H groups in total. The normalized spacial score (nSPS) is 10.2. The third-order valence-electron chi connectivity index (χ3n) is 2.91. The van der Waals surface area contributed by atoms with Crippen molar-refractivity contribution >= 4 is 5.91 Å². The molecule has 1 rings (SSSR count). The molecule has 3 heteroatoms. The second-order valence-electron chi connectivity index (χ2n) is 4.68. The Bertz CT molecular complexity index is 338. The van der Waals surface area contributed by atoms with Crippen LogP contribution in [0.25, 0.3) is 0 Å². The maximum absolute atomic E-state index is 11.5. The molecule has 3 nitrogen and oxygen atoms in total. The van der Waals surface area contributed by atoms with E-state index < -0.39 is 0 Å². The Morgan fingerprint density at radius 2 is 1.89 bits per heavy atom. The molecule has 0 saturated heterocycles. The summed E-state index contributed by atoms with van der Waals surface area (Å²) in [7, 11) is 0. The van der Waals surface area contributed by atoms with E-state index in [0.717, 1.165) is 25.1 Å². The van der Waals surface area contributed by atoms with Crippen LogP contribution in [0.3, 0.4) is 0 Å². The molecule has 0 saturated carbocycles. The SMILES string of the molecule is CCCCCCNC(=O)CCCOc1ccccc1. The van der Waals surface area contributed by atoms with Crippen LogP contribution >= 0.6 is 0 Å². The minimum atomic E-state index is 0.133. The predicted octanol–water partition coefficient (Wildman–Crippen LogP) is 3.54. The molecule has 0 radical (unpaired) electrons. The van der Waals surface area contributed by atoms with Gasteiger partial charge in [-0.1, -0.05) is 44.4 Å². The Hall–Kier alpha value is -1.51. The lowest BCUT2D eigenvalue weighted by Gasteiger charge is -2.06. The number of carbonyl (C=O) groups is 1. The molecule has 0 aliphatic rings. The van der Waals surface area contributed by atoms with Gasteiger partial charge in [0.25, 0.3) is 0 Å². The third kappa shape index (κ3) is 8.25. The van der Waals surface area contributed by atoms with Crippen molar-refractivity contribution in [3.8, 4) is 5.75 Å². The van der Waals surface area contributed by atoms with Crippen molar-refractivity contribution in [3.63, 3.8) is 0 Å². The Kier molecular flexibility index (Phi) is 8.52. The van der Waals surface area contributed by atoms with Gasteiger partial charge in [-0.3, -0.25) is 4.79 Å². The van der Waals surface area contributed by atoms with E-state index in [-0.39, 0.29) is 5.91 Å². The molecular formula is C16H25NO2. The summed E-state index contributed by atoms with van der Waals surface area (Å²) in [5.41, 5.74) is 0. The second kappa shape index (κ2) is 10.4. The summed E-state index contributed by atoms with van der Waals surface area (Å²) in [4.78, 5) is 11.5. The molecule has 1 aromatic rings. The molecule has 106 valence electrons. The molecular weight excluding hydrogens is 238 g/mol. The summed E-state index contributed by atoms with van der Waals surface area (Å²) in [6, 6.07) is 9.69. The molecule has 1 amide bonds. The smallest absolute Gasteiger partial charge is 0.220 e. The predicted molar refractivity (Wildman–Crippen MR) is 78.3 cm³/mol. The zero-order valence-electron chi connectivity index (χ0n) is 11.9. The summed E-state index contributed by atoms with van der Waals surface area (Å²) in [6.45, 7) is 3.58. The molecule has 0 atom stereocenters. The van der Waals surface area contributed by atoms with Crippen molar-refractivity contribution in [2.45, 2.75) is 45.4 Å². The minimum absolute atomic E-state index is 0.133. The third-order valence-corrected chi connectivity index (χ3v) is 2.91. The van der Waals surface area contributed by atoms with Crippen LogP contribution in [-0.4, -0.2) is 19.1 Å². The van der Waals surface area contributed by atoms with Crippen molar-refractivity contribution in [2.24, 2.45) is 0 Å². The van der Waals surface area contributed by atoms with E-state index in [1.165, 1.54) is 19.3 Å². The molecule has 0 heterocycles. The molecule has 0 fully saturated rings. The van der Waals surface area contributed by atoms with E-state index in [1.807, 2.05) is 30.3 Å². The van der Waals surface area contributed by atoms with Crippen LogP contribution in [0.15, 0.2) is 30.3 Å². The highest BCUT2D eigenvalue weighted by Crippen LogP contribution is 2.08. The van der Waals surface area contributed by atoms with Crippen LogP contribution in [0.1, 0.15) is 45.4 Å². The number of nitrogens with one attached hydrogen (secondary N) is 1. The lowest BCUT2D eigenvalue weighted by atomic mass is 10.2. The van der Waals surface area contributed by atoms with Gasteiger partial charge in [0.1, 0.15) is 5.75 Å². The fraction of sp³-hybridized carbons (Fsp3) is 0.562. The maximum Gasteiger partial charge on any atom is 0.220 e. The van der Waals surface area contributed by atoms with E-state index >= 15 is 0 Å².